The number of halogens is 2. The number of nitro groups is 1. The number of nitrogens with one attached hydrogen (secondary N) is 1. The van der Waals surface area contributed by atoms with Gasteiger partial charge in [-0.25, -0.2) is 13.8 Å². The van der Waals surface area contributed by atoms with Crippen molar-refractivity contribution >= 4 is 11.5 Å². The Morgan fingerprint density at radius 2 is 2.29 bits per heavy atom. The zero-order valence-corrected chi connectivity index (χ0v) is 8.93. The van der Waals surface area contributed by atoms with Crippen LogP contribution in [0.5, 0.6) is 0 Å². The van der Waals surface area contributed by atoms with E-state index in [4.69, 9.17) is 5.11 Å². The summed E-state index contributed by atoms with van der Waals surface area (Å²) in [5, 5.41) is 21.9. The highest BCUT2D eigenvalue weighted by Crippen LogP contribution is 2.19. The zero-order valence-electron chi connectivity index (χ0n) is 8.93. The largest absolute Gasteiger partial charge is 0.385 e. The maximum Gasteiger partial charge on any atom is 0.277 e. The molecule has 2 N–H and O–H groups in total. The molecule has 0 aromatic carbocycles. The third-order valence-electron chi connectivity index (χ3n) is 2.05. The summed E-state index contributed by atoms with van der Waals surface area (Å²) in [7, 11) is 0. The van der Waals surface area contributed by atoms with Crippen LogP contribution in [0.2, 0.25) is 0 Å². The summed E-state index contributed by atoms with van der Waals surface area (Å²) < 4.78 is 24.0. The number of pyridine rings is 1. The first kappa shape index (κ1) is 13.2. The number of hydrogen-bond donors (Lipinski definition) is 2. The average molecular weight is 247 g/mol. The number of aryl methyl sites for hydroxylation is 1. The van der Waals surface area contributed by atoms with Gasteiger partial charge in [0.1, 0.15) is 11.9 Å². The maximum absolute atomic E-state index is 12.0. The van der Waals surface area contributed by atoms with Gasteiger partial charge in [-0.15, -0.1) is 0 Å². The van der Waals surface area contributed by atoms with E-state index in [-0.39, 0.29) is 11.5 Å². The Morgan fingerprint density at radius 1 is 1.65 bits per heavy atom. The van der Waals surface area contributed by atoms with Crippen molar-refractivity contribution in [3.8, 4) is 0 Å². The first-order valence-corrected chi connectivity index (χ1v) is 4.73. The molecule has 0 aliphatic heterocycles. The van der Waals surface area contributed by atoms with Crippen molar-refractivity contribution in [2.75, 3.05) is 11.9 Å². The molecule has 6 nitrogen and oxygen atoms in total. The van der Waals surface area contributed by atoms with Gasteiger partial charge in [0.25, 0.3) is 12.1 Å². The normalized spacial score (nSPS) is 12.5. The number of aromatic nitrogens is 1. The number of nitrogens with zero attached hydrogens (tertiary/aromatic N) is 2. The second-order valence-electron chi connectivity index (χ2n) is 3.40. The molecule has 1 heterocycles. The third-order valence-corrected chi connectivity index (χ3v) is 2.05. The molecule has 8 heteroatoms. The van der Waals surface area contributed by atoms with Crippen LogP contribution in [0.4, 0.5) is 20.3 Å². The molecule has 1 aromatic heterocycles. The first-order valence-electron chi connectivity index (χ1n) is 4.73. The molecule has 0 spiro atoms. The van der Waals surface area contributed by atoms with E-state index in [0.717, 1.165) is 6.07 Å². The molecule has 0 aliphatic rings. The highest BCUT2D eigenvalue weighted by atomic mass is 19.3. The fourth-order valence-corrected chi connectivity index (χ4v) is 1.10. The highest BCUT2D eigenvalue weighted by molar-refractivity contribution is 5.48. The van der Waals surface area contributed by atoms with Gasteiger partial charge in [-0.1, -0.05) is 0 Å². The molecule has 0 saturated heterocycles. The van der Waals surface area contributed by atoms with Gasteiger partial charge in [-0.3, -0.25) is 10.1 Å². The lowest BCUT2D eigenvalue weighted by Gasteiger charge is -2.11. The standard InChI is InChI=1S/C9H11F2N3O3/c1-5-3-12-8(2-6(5)14(16)17)13-4-7(15)9(10)11/h2-3,7,9,15H,4H2,1H3,(H,12,13). The molecule has 0 aliphatic carbocycles. The monoisotopic (exact) mass is 247 g/mol. The molecule has 0 bridgehead atoms. The van der Waals surface area contributed by atoms with Gasteiger partial charge in [0.15, 0.2) is 0 Å². The Hall–Kier alpha value is -1.83. The first-order chi connectivity index (χ1) is 7.91. The number of alkyl halides is 2. The van der Waals surface area contributed by atoms with E-state index in [1.165, 1.54) is 13.1 Å². The molecule has 1 unspecified atom stereocenters. The van der Waals surface area contributed by atoms with E-state index in [2.05, 4.69) is 10.3 Å². The van der Waals surface area contributed by atoms with Gasteiger partial charge in [-0.2, -0.15) is 0 Å². The van der Waals surface area contributed by atoms with Crippen LogP contribution in [0.25, 0.3) is 0 Å². The second-order valence-corrected chi connectivity index (χ2v) is 3.40. The Balaban J connectivity index is 2.73. The lowest BCUT2D eigenvalue weighted by Crippen LogP contribution is -2.27. The Labute approximate surface area is 95.4 Å². The summed E-state index contributed by atoms with van der Waals surface area (Å²) in [5.74, 6) is 0.0713. The maximum atomic E-state index is 12.0. The molecular formula is C9H11F2N3O3. The molecule has 0 radical (unpaired) electrons. The molecule has 94 valence electrons. The topological polar surface area (TPSA) is 88.3 Å². The van der Waals surface area contributed by atoms with Crippen LogP contribution in [-0.4, -0.2) is 34.1 Å². The van der Waals surface area contributed by atoms with E-state index in [1.54, 1.807) is 0 Å². The summed E-state index contributed by atoms with van der Waals surface area (Å²) in [6.45, 7) is 1.09. The van der Waals surface area contributed by atoms with E-state index < -0.39 is 24.0 Å². The van der Waals surface area contributed by atoms with Crippen molar-refractivity contribution in [3.05, 3.63) is 27.9 Å². The predicted molar refractivity (Wildman–Crippen MR) is 56.1 cm³/mol. The van der Waals surface area contributed by atoms with Crippen molar-refractivity contribution < 1.29 is 18.8 Å². The molecule has 1 rings (SSSR count). The van der Waals surface area contributed by atoms with Crippen molar-refractivity contribution in [3.63, 3.8) is 0 Å². The molecule has 1 atom stereocenters. The van der Waals surface area contributed by atoms with Crippen molar-refractivity contribution in [1.29, 1.82) is 0 Å². The van der Waals surface area contributed by atoms with Gasteiger partial charge in [0.05, 0.1) is 11.0 Å². The Morgan fingerprint density at radius 3 is 2.82 bits per heavy atom. The molecule has 0 saturated carbocycles. The number of aliphatic hydroxyl groups is 1. The lowest BCUT2D eigenvalue weighted by atomic mass is 10.2. The molecular weight excluding hydrogens is 236 g/mol. The number of rotatable bonds is 5. The fraction of sp³-hybridized carbons (Fsp3) is 0.444. The van der Waals surface area contributed by atoms with Crippen molar-refractivity contribution in [2.24, 2.45) is 0 Å². The quantitative estimate of drug-likeness (QED) is 0.605. The van der Waals surface area contributed by atoms with Gasteiger partial charge < -0.3 is 10.4 Å². The summed E-state index contributed by atoms with van der Waals surface area (Å²) in [5.41, 5.74) is 0.212. The van der Waals surface area contributed by atoms with Crippen LogP contribution in [0.3, 0.4) is 0 Å². The predicted octanol–water partition coefficient (Wildman–Crippen LogP) is 1.34. The van der Waals surface area contributed by atoms with Crippen LogP contribution in [0.1, 0.15) is 5.56 Å². The molecule has 1 aromatic rings. The Kier molecular flexibility index (Phi) is 4.27. The Bertz CT molecular complexity index is 414. The lowest BCUT2D eigenvalue weighted by molar-refractivity contribution is -0.385. The van der Waals surface area contributed by atoms with Crippen molar-refractivity contribution in [1.82, 2.24) is 4.98 Å². The highest BCUT2D eigenvalue weighted by Gasteiger charge is 2.17. The third kappa shape index (κ3) is 3.59. The van der Waals surface area contributed by atoms with Crippen LogP contribution < -0.4 is 5.32 Å². The van der Waals surface area contributed by atoms with Gasteiger partial charge in [0, 0.05) is 18.3 Å². The number of anilines is 1. The van der Waals surface area contributed by atoms with Crippen LogP contribution in [-0.2, 0) is 0 Å². The van der Waals surface area contributed by atoms with E-state index in [0.29, 0.717) is 5.56 Å². The van der Waals surface area contributed by atoms with E-state index in [9.17, 15) is 18.9 Å². The van der Waals surface area contributed by atoms with Crippen molar-refractivity contribution in [2.45, 2.75) is 19.5 Å². The minimum atomic E-state index is -2.87. The number of aliphatic hydroxyl groups excluding tert-OH is 1. The minimum absolute atomic E-state index is 0.0713. The van der Waals surface area contributed by atoms with Crippen LogP contribution in [0, 0.1) is 17.0 Å². The molecule has 17 heavy (non-hydrogen) atoms. The minimum Gasteiger partial charge on any atom is -0.385 e. The summed E-state index contributed by atoms with van der Waals surface area (Å²) in [4.78, 5) is 13.8. The van der Waals surface area contributed by atoms with Gasteiger partial charge in [-0.05, 0) is 6.92 Å². The van der Waals surface area contributed by atoms with Gasteiger partial charge >= 0.3 is 0 Å². The van der Waals surface area contributed by atoms with E-state index in [1.807, 2.05) is 0 Å². The van der Waals surface area contributed by atoms with Crippen LogP contribution in [0.15, 0.2) is 12.3 Å². The molecule has 0 amide bonds. The second kappa shape index (κ2) is 5.48. The summed E-state index contributed by atoms with van der Waals surface area (Å²) >= 11 is 0. The summed E-state index contributed by atoms with van der Waals surface area (Å²) in [6, 6.07) is 1.13. The number of hydrogen-bond acceptors (Lipinski definition) is 5. The smallest absolute Gasteiger partial charge is 0.277 e. The molecule has 0 fully saturated rings. The summed E-state index contributed by atoms with van der Waals surface area (Å²) in [6.07, 6.45) is -3.45. The average Bonchev–Trinajstić information content (AvgIpc) is 2.26. The fourth-order valence-electron chi connectivity index (χ4n) is 1.10. The van der Waals surface area contributed by atoms with Crippen LogP contribution >= 0.6 is 0 Å². The van der Waals surface area contributed by atoms with Gasteiger partial charge in [0.2, 0.25) is 0 Å². The SMILES string of the molecule is Cc1cnc(NCC(O)C(F)F)cc1[N+](=O)[O-]. The van der Waals surface area contributed by atoms with E-state index >= 15 is 0 Å². The zero-order chi connectivity index (χ0) is 13.0.